The van der Waals surface area contributed by atoms with Crippen LogP contribution in [0.2, 0.25) is 0 Å². The highest BCUT2D eigenvalue weighted by Gasteiger charge is 2.98. The van der Waals surface area contributed by atoms with Crippen molar-refractivity contribution < 1.29 is 5.11 Å². The Balaban J connectivity index is 1.84. The number of hydrogen-bond acceptors (Lipinski definition) is 1. The van der Waals surface area contributed by atoms with Gasteiger partial charge in [-0.3, -0.25) is 0 Å². The summed E-state index contributed by atoms with van der Waals surface area (Å²) in [6, 6.07) is 0. The lowest BCUT2D eigenvalue weighted by molar-refractivity contribution is -0.440. The number of aliphatic hydroxyl groups is 1. The molecule has 0 radical (unpaired) electrons. The van der Waals surface area contributed by atoms with E-state index in [1.165, 1.54) is 0 Å². The molecule has 0 spiro atoms. The van der Waals surface area contributed by atoms with E-state index in [2.05, 4.69) is 6.92 Å². The Labute approximate surface area is 65.8 Å². The Morgan fingerprint density at radius 1 is 0.909 bits per heavy atom. The normalized spacial score (nSPS) is 96.5. The van der Waals surface area contributed by atoms with Crippen molar-refractivity contribution in [2.75, 3.05) is 0 Å². The molecule has 2 bridgehead atoms. The highest BCUT2D eigenvalue weighted by molar-refractivity contribution is 5.44. The maximum absolute atomic E-state index is 9.86. The van der Waals surface area contributed by atoms with Crippen LogP contribution in [-0.2, 0) is 0 Å². The summed E-state index contributed by atoms with van der Waals surface area (Å²) < 4.78 is 0. The van der Waals surface area contributed by atoms with Gasteiger partial charge in [0.25, 0.3) is 0 Å². The smallest absolute Gasteiger partial charge is 0.0608 e. The van der Waals surface area contributed by atoms with Gasteiger partial charge in [-0.05, 0) is 46.8 Å². The monoisotopic (exact) mass is 148 g/mol. The second kappa shape index (κ2) is 0.891. The van der Waals surface area contributed by atoms with Crippen LogP contribution in [0.5, 0.6) is 0 Å². The minimum atomic E-state index is 0.145. The van der Waals surface area contributed by atoms with E-state index in [0.29, 0.717) is 0 Å². The van der Waals surface area contributed by atoms with Crippen LogP contribution >= 0.6 is 0 Å². The molecule has 4 unspecified atom stereocenters. The van der Waals surface area contributed by atoms with Crippen molar-refractivity contribution >= 4 is 0 Å². The van der Waals surface area contributed by atoms with Crippen LogP contribution in [0.1, 0.15) is 6.92 Å². The molecule has 58 valence electrons. The van der Waals surface area contributed by atoms with E-state index in [9.17, 15) is 5.11 Å². The summed E-state index contributed by atoms with van der Waals surface area (Å²) in [5.74, 6) is 6.66. The van der Waals surface area contributed by atoms with E-state index in [-0.39, 0.29) is 6.10 Å². The van der Waals surface area contributed by atoms with Crippen LogP contribution in [-0.4, -0.2) is 11.2 Å². The Kier molecular flexibility index (Phi) is 0.393. The average molecular weight is 148 g/mol. The standard InChI is InChI=1S/C10H12O/c1-10-6-3-2-4(6)8(10)5(7(3)10)9(2)11/h2-9,11H,1H3/t2?,3-,4-,5?,6?,7-,8+,9+,10?/m1/s1. The van der Waals surface area contributed by atoms with E-state index in [4.69, 9.17) is 0 Å². The lowest BCUT2D eigenvalue weighted by Gasteiger charge is -2.90. The van der Waals surface area contributed by atoms with Gasteiger partial charge in [0.15, 0.2) is 0 Å². The predicted octanol–water partition coefficient (Wildman–Crippen LogP) is 0.735. The third kappa shape index (κ3) is 0.188. The van der Waals surface area contributed by atoms with Crippen molar-refractivity contribution in [3.8, 4) is 0 Å². The van der Waals surface area contributed by atoms with Crippen molar-refractivity contribution in [3.05, 3.63) is 0 Å². The molecule has 0 aliphatic heterocycles. The average Bonchev–Trinajstić information content (AvgIpc) is 2.16. The Hall–Kier alpha value is -0.0400. The highest BCUT2D eigenvalue weighted by atomic mass is 16.3. The quantitative estimate of drug-likeness (QED) is 0.537. The zero-order valence-corrected chi connectivity index (χ0v) is 6.57. The molecule has 6 saturated carbocycles. The summed E-state index contributed by atoms with van der Waals surface area (Å²) >= 11 is 0. The SMILES string of the molecule is CC12C3[C@H]4C5[C@H](O)C([C@H]41)[C@H]2[C@H]53. The molecule has 0 aromatic rings. The fourth-order valence-electron chi connectivity index (χ4n) is 6.44. The minimum Gasteiger partial charge on any atom is -0.393 e. The number of hydrogen-bond donors (Lipinski definition) is 1. The van der Waals surface area contributed by atoms with Crippen molar-refractivity contribution in [2.24, 2.45) is 46.8 Å². The summed E-state index contributed by atoms with van der Waals surface area (Å²) in [5.41, 5.74) is 0.772. The fourth-order valence-corrected chi connectivity index (χ4v) is 6.44. The van der Waals surface area contributed by atoms with Gasteiger partial charge < -0.3 is 5.11 Å². The molecule has 1 nitrogen and oxygen atoms in total. The summed E-state index contributed by atoms with van der Waals surface area (Å²) in [4.78, 5) is 0. The van der Waals surface area contributed by atoms with Gasteiger partial charge in [0.2, 0.25) is 0 Å². The van der Waals surface area contributed by atoms with Gasteiger partial charge in [0.1, 0.15) is 0 Å². The van der Waals surface area contributed by atoms with Crippen LogP contribution in [0, 0.1) is 46.8 Å². The maximum atomic E-state index is 9.86. The largest absolute Gasteiger partial charge is 0.393 e. The zero-order chi connectivity index (χ0) is 7.12. The van der Waals surface area contributed by atoms with E-state index in [1.54, 1.807) is 0 Å². The maximum Gasteiger partial charge on any atom is 0.0608 e. The van der Waals surface area contributed by atoms with Crippen LogP contribution in [0.4, 0.5) is 0 Å². The second-order valence-corrected chi connectivity index (χ2v) is 5.74. The zero-order valence-electron chi connectivity index (χ0n) is 6.57. The molecule has 0 aromatic heterocycles. The number of rotatable bonds is 0. The van der Waals surface area contributed by atoms with E-state index in [0.717, 1.165) is 46.8 Å². The van der Waals surface area contributed by atoms with Crippen LogP contribution < -0.4 is 0 Å². The van der Waals surface area contributed by atoms with Crippen LogP contribution in [0.15, 0.2) is 0 Å². The van der Waals surface area contributed by atoms with Gasteiger partial charge in [0, 0.05) is 0 Å². The molecule has 6 aliphatic rings. The third-order valence-corrected chi connectivity index (χ3v) is 6.32. The van der Waals surface area contributed by atoms with E-state index in [1.807, 2.05) is 0 Å². The first-order valence-corrected chi connectivity index (χ1v) is 4.96. The number of aliphatic hydroxyl groups excluding tert-OH is 1. The van der Waals surface area contributed by atoms with Gasteiger partial charge in [0.05, 0.1) is 6.10 Å². The minimum absolute atomic E-state index is 0.145. The highest BCUT2D eigenvalue weighted by Crippen LogP contribution is 2.99. The lowest BCUT2D eigenvalue weighted by atomic mass is 9.14. The lowest BCUT2D eigenvalue weighted by Crippen LogP contribution is -2.87. The van der Waals surface area contributed by atoms with Gasteiger partial charge in [-0.15, -0.1) is 0 Å². The molecule has 1 heteroatoms. The van der Waals surface area contributed by atoms with E-state index < -0.39 is 0 Å². The first kappa shape index (κ1) is 4.86. The topological polar surface area (TPSA) is 20.2 Å². The van der Waals surface area contributed by atoms with Gasteiger partial charge >= 0.3 is 0 Å². The van der Waals surface area contributed by atoms with Crippen molar-refractivity contribution in [3.63, 3.8) is 0 Å². The molecule has 1 N–H and O–H groups in total. The molecule has 6 rings (SSSR count). The fraction of sp³-hybridized carbons (Fsp3) is 1.00. The van der Waals surface area contributed by atoms with Crippen molar-refractivity contribution in [2.45, 2.75) is 13.0 Å². The molecular weight excluding hydrogens is 136 g/mol. The van der Waals surface area contributed by atoms with Gasteiger partial charge in [-0.2, -0.15) is 0 Å². The van der Waals surface area contributed by atoms with Gasteiger partial charge in [-0.25, -0.2) is 0 Å². The summed E-state index contributed by atoms with van der Waals surface area (Å²) in [7, 11) is 0. The van der Waals surface area contributed by atoms with Gasteiger partial charge in [-0.1, -0.05) is 6.92 Å². The summed E-state index contributed by atoms with van der Waals surface area (Å²) in [6.07, 6.45) is 0.145. The molecule has 6 fully saturated rings. The Morgan fingerprint density at radius 2 is 1.45 bits per heavy atom. The van der Waals surface area contributed by atoms with Crippen LogP contribution in [0.25, 0.3) is 0 Å². The predicted molar refractivity (Wildman–Crippen MR) is 38.5 cm³/mol. The van der Waals surface area contributed by atoms with E-state index >= 15 is 0 Å². The van der Waals surface area contributed by atoms with Crippen molar-refractivity contribution in [1.29, 1.82) is 0 Å². The van der Waals surface area contributed by atoms with Crippen LogP contribution in [0.3, 0.4) is 0 Å². The summed E-state index contributed by atoms with van der Waals surface area (Å²) in [5, 5.41) is 9.86. The first-order chi connectivity index (χ1) is 5.28. The first-order valence-electron chi connectivity index (χ1n) is 4.96. The Morgan fingerprint density at radius 3 is 1.91 bits per heavy atom. The van der Waals surface area contributed by atoms with Crippen molar-refractivity contribution in [1.82, 2.24) is 0 Å². The molecule has 0 saturated heterocycles. The second-order valence-electron chi connectivity index (χ2n) is 5.74. The Bertz CT molecular complexity index is 277. The molecule has 0 amide bonds. The third-order valence-electron chi connectivity index (χ3n) is 6.32. The molecular formula is C10H12O. The molecule has 11 heavy (non-hydrogen) atoms. The molecule has 6 aliphatic carbocycles. The molecule has 0 heterocycles. The molecule has 0 aromatic carbocycles. The molecule has 9 atom stereocenters. The summed E-state index contributed by atoms with van der Waals surface area (Å²) in [6.45, 7) is 2.48.